The first-order valence-corrected chi connectivity index (χ1v) is 11.3. The number of hydrogen-bond donors (Lipinski definition) is 3. The number of aromatic amines is 1. The summed E-state index contributed by atoms with van der Waals surface area (Å²) in [5.41, 5.74) is 3.22. The first-order chi connectivity index (χ1) is 15.7. The third-order valence-corrected chi connectivity index (χ3v) is 5.98. The van der Waals surface area contributed by atoms with E-state index in [2.05, 4.69) is 39.6 Å². The fourth-order valence-corrected chi connectivity index (χ4v) is 4.33. The van der Waals surface area contributed by atoms with E-state index in [1.165, 1.54) is 6.07 Å². The third-order valence-electron chi connectivity index (χ3n) is 5.98. The maximum atomic E-state index is 13.6. The summed E-state index contributed by atoms with van der Waals surface area (Å²) in [7, 11) is 1.72. The van der Waals surface area contributed by atoms with Crippen molar-refractivity contribution < 1.29 is 9.13 Å². The van der Waals surface area contributed by atoms with Crippen LogP contribution >= 0.6 is 24.0 Å². The van der Waals surface area contributed by atoms with Gasteiger partial charge in [0.25, 0.3) is 0 Å². The number of methoxy groups -OCH3 is 1. The molecule has 1 aliphatic heterocycles. The molecule has 2 aromatic carbocycles. The van der Waals surface area contributed by atoms with Crippen LogP contribution in [0.2, 0.25) is 0 Å². The van der Waals surface area contributed by atoms with Crippen LogP contribution in [-0.2, 0) is 6.42 Å². The molecule has 0 bridgehead atoms. The van der Waals surface area contributed by atoms with E-state index in [0.29, 0.717) is 5.92 Å². The van der Waals surface area contributed by atoms with E-state index < -0.39 is 0 Å². The monoisotopic (exact) mass is 565 g/mol. The Morgan fingerprint density at radius 2 is 2.09 bits per heavy atom. The van der Waals surface area contributed by atoms with Gasteiger partial charge in [0.05, 0.1) is 12.8 Å². The van der Waals surface area contributed by atoms with Gasteiger partial charge in [0.15, 0.2) is 5.96 Å². The summed E-state index contributed by atoms with van der Waals surface area (Å²) in [5, 5.41) is 7.69. The number of aromatic nitrogens is 1. The molecule has 1 fully saturated rings. The number of H-pyrrole nitrogens is 1. The Hall–Kier alpha value is -2.49. The van der Waals surface area contributed by atoms with E-state index in [4.69, 9.17) is 9.73 Å². The zero-order chi connectivity index (χ0) is 22.3. The van der Waals surface area contributed by atoms with Crippen molar-refractivity contribution in [2.45, 2.75) is 19.8 Å². The second-order valence-electron chi connectivity index (χ2n) is 8.17. The van der Waals surface area contributed by atoms with Crippen molar-refractivity contribution in [2.75, 3.05) is 44.7 Å². The topological polar surface area (TPSA) is 64.7 Å². The number of anilines is 1. The molecule has 33 heavy (non-hydrogen) atoms. The van der Waals surface area contributed by atoms with Crippen LogP contribution in [0.25, 0.3) is 10.9 Å². The number of rotatable bonds is 8. The van der Waals surface area contributed by atoms with Crippen molar-refractivity contribution in [1.29, 1.82) is 0 Å². The lowest BCUT2D eigenvalue weighted by molar-refractivity contribution is 0.414. The summed E-state index contributed by atoms with van der Waals surface area (Å²) in [4.78, 5) is 10.4. The van der Waals surface area contributed by atoms with Crippen LogP contribution in [0.1, 0.15) is 18.9 Å². The highest BCUT2D eigenvalue weighted by atomic mass is 127. The largest absolute Gasteiger partial charge is 0.495 e. The molecular weight excluding hydrogens is 532 g/mol. The minimum atomic E-state index is -0.208. The number of para-hydroxylation sites is 2. The molecule has 1 saturated heterocycles. The first-order valence-electron chi connectivity index (χ1n) is 11.3. The van der Waals surface area contributed by atoms with Gasteiger partial charge >= 0.3 is 0 Å². The van der Waals surface area contributed by atoms with Gasteiger partial charge in [0, 0.05) is 49.8 Å². The van der Waals surface area contributed by atoms with Gasteiger partial charge in [0.1, 0.15) is 11.6 Å². The maximum Gasteiger partial charge on any atom is 0.191 e. The van der Waals surface area contributed by atoms with E-state index in [9.17, 15) is 4.39 Å². The van der Waals surface area contributed by atoms with E-state index in [-0.39, 0.29) is 29.8 Å². The average Bonchev–Trinajstić information content (AvgIpc) is 3.44. The Labute approximate surface area is 212 Å². The van der Waals surface area contributed by atoms with E-state index in [1.54, 1.807) is 19.2 Å². The van der Waals surface area contributed by atoms with Crippen molar-refractivity contribution in [3.8, 4) is 5.75 Å². The summed E-state index contributed by atoms with van der Waals surface area (Å²) in [6.45, 7) is 6.37. The highest BCUT2D eigenvalue weighted by Gasteiger charge is 2.24. The molecule has 3 aromatic rings. The highest BCUT2D eigenvalue weighted by Crippen LogP contribution is 2.32. The molecule has 1 atom stereocenters. The second kappa shape index (κ2) is 12.1. The van der Waals surface area contributed by atoms with E-state index >= 15 is 0 Å². The van der Waals surface area contributed by atoms with E-state index in [0.717, 1.165) is 79.4 Å². The number of hydrogen-bond acceptors (Lipinski definition) is 3. The molecule has 0 aliphatic carbocycles. The van der Waals surface area contributed by atoms with Crippen LogP contribution in [0, 0.1) is 11.7 Å². The van der Waals surface area contributed by atoms with Gasteiger partial charge in [0.2, 0.25) is 0 Å². The lowest BCUT2D eigenvalue weighted by Crippen LogP contribution is -2.38. The molecule has 1 aromatic heterocycles. The standard InChI is InChI=1S/C25H32FN5O.HI/c1-3-27-25(28-12-10-19-16-29-22-9-8-20(26)14-21(19)22)30-15-18-11-13-31(17-18)23-6-4-5-7-24(23)32-2;/h4-9,14,16,18,29H,3,10-13,15,17H2,1-2H3,(H2,27,28,30);1H. The summed E-state index contributed by atoms with van der Waals surface area (Å²) in [6.07, 6.45) is 3.86. The van der Waals surface area contributed by atoms with Crippen LogP contribution in [0.4, 0.5) is 10.1 Å². The molecule has 8 heteroatoms. The quantitative estimate of drug-likeness (QED) is 0.213. The Balaban J connectivity index is 0.00000306. The molecule has 1 aliphatic rings. The van der Waals surface area contributed by atoms with Crippen molar-refractivity contribution in [3.05, 3.63) is 60.0 Å². The molecule has 0 radical (unpaired) electrons. The number of nitrogens with zero attached hydrogens (tertiary/aromatic N) is 2. The number of halogens is 2. The number of guanidine groups is 1. The minimum Gasteiger partial charge on any atom is -0.495 e. The molecule has 178 valence electrons. The molecule has 1 unspecified atom stereocenters. The summed E-state index contributed by atoms with van der Waals surface area (Å²) >= 11 is 0. The second-order valence-corrected chi connectivity index (χ2v) is 8.17. The Morgan fingerprint density at radius 1 is 1.24 bits per heavy atom. The fraction of sp³-hybridized carbons (Fsp3) is 0.400. The SMILES string of the molecule is CCNC(=NCC1CCN(c2ccccc2OC)C1)NCCc1c[nH]c2ccc(F)cc12.I. The smallest absolute Gasteiger partial charge is 0.191 e. The predicted octanol–water partition coefficient (Wildman–Crippen LogP) is 4.56. The number of benzene rings is 2. The lowest BCUT2D eigenvalue weighted by atomic mass is 10.1. The van der Waals surface area contributed by atoms with Gasteiger partial charge in [-0.3, -0.25) is 4.99 Å². The average molecular weight is 565 g/mol. The van der Waals surface area contributed by atoms with Crippen molar-refractivity contribution in [1.82, 2.24) is 15.6 Å². The van der Waals surface area contributed by atoms with Gasteiger partial charge in [-0.1, -0.05) is 12.1 Å². The minimum absolute atomic E-state index is 0. The Kier molecular flexibility index (Phi) is 9.22. The molecule has 0 spiro atoms. The fourth-order valence-electron chi connectivity index (χ4n) is 4.33. The highest BCUT2D eigenvalue weighted by molar-refractivity contribution is 14.0. The first kappa shape index (κ1) is 25.1. The van der Waals surface area contributed by atoms with E-state index in [1.807, 2.05) is 18.3 Å². The predicted molar refractivity (Wildman–Crippen MR) is 145 cm³/mol. The van der Waals surface area contributed by atoms with Crippen molar-refractivity contribution >= 4 is 46.5 Å². The molecule has 0 amide bonds. The third kappa shape index (κ3) is 6.31. The number of nitrogens with one attached hydrogen (secondary N) is 3. The Bertz CT molecular complexity index is 1070. The van der Waals surface area contributed by atoms with Gasteiger partial charge in [-0.15, -0.1) is 24.0 Å². The lowest BCUT2D eigenvalue weighted by Gasteiger charge is -2.21. The number of ether oxygens (including phenoxy) is 1. The van der Waals surface area contributed by atoms with Crippen molar-refractivity contribution in [2.24, 2.45) is 10.9 Å². The van der Waals surface area contributed by atoms with Gasteiger partial charge in [-0.25, -0.2) is 4.39 Å². The molecule has 2 heterocycles. The van der Waals surface area contributed by atoms with Crippen LogP contribution in [0.15, 0.2) is 53.7 Å². The molecule has 4 rings (SSSR count). The summed E-state index contributed by atoms with van der Waals surface area (Å²) in [5.74, 6) is 2.05. The maximum absolute atomic E-state index is 13.6. The normalized spacial score (nSPS) is 16.0. The van der Waals surface area contributed by atoms with Crippen LogP contribution in [0.3, 0.4) is 0 Å². The van der Waals surface area contributed by atoms with Crippen LogP contribution < -0.4 is 20.3 Å². The zero-order valence-electron chi connectivity index (χ0n) is 19.2. The van der Waals surface area contributed by atoms with Gasteiger partial charge < -0.3 is 25.3 Å². The summed E-state index contributed by atoms with van der Waals surface area (Å²) < 4.78 is 19.1. The summed E-state index contributed by atoms with van der Waals surface area (Å²) in [6, 6.07) is 13.0. The van der Waals surface area contributed by atoms with Gasteiger partial charge in [-0.05, 0) is 61.6 Å². The zero-order valence-corrected chi connectivity index (χ0v) is 21.6. The van der Waals surface area contributed by atoms with Gasteiger partial charge in [-0.2, -0.15) is 0 Å². The number of aliphatic imine (C=N–C) groups is 1. The Morgan fingerprint density at radius 3 is 2.91 bits per heavy atom. The van der Waals surface area contributed by atoms with Crippen LogP contribution in [-0.4, -0.2) is 50.8 Å². The van der Waals surface area contributed by atoms with Crippen LogP contribution in [0.5, 0.6) is 5.75 Å². The molecule has 6 nitrogen and oxygen atoms in total. The molecule has 0 saturated carbocycles. The number of fused-ring (bicyclic) bond motifs is 1. The molecule has 3 N–H and O–H groups in total. The van der Waals surface area contributed by atoms with Crippen molar-refractivity contribution in [3.63, 3.8) is 0 Å². The molecular formula is C25H33FIN5O.